The summed E-state index contributed by atoms with van der Waals surface area (Å²) < 4.78 is 32.8. The zero-order valence-electron chi connectivity index (χ0n) is 34.6. The number of aryl methyl sites for hydroxylation is 1. The predicted molar refractivity (Wildman–Crippen MR) is 221 cm³/mol. The Labute approximate surface area is 359 Å². The van der Waals surface area contributed by atoms with Crippen LogP contribution in [0.4, 0.5) is 9.18 Å². The summed E-state index contributed by atoms with van der Waals surface area (Å²) in [4.78, 5) is 93.9. The smallest absolute Gasteiger partial charge is 0.407 e. The fourth-order valence-electron chi connectivity index (χ4n) is 8.19. The monoisotopic (exact) mass is 870 g/mol. The van der Waals surface area contributed by atoms with Crippen molar-refractivity contribution < 1.29 is 52.5 Å². The van der Waals surface area contributed by atoms with Gasteiger partial charge in [0, 0.05) is 29.0 Å². The number of fused-ring (bicyclic) bond motifs is 5. The number of aromatic nitrogens is 2. The van der Waals surface area contributed by atoms with Crippen LogP contribution < -0.4 is 37.9 Å². The number of cyclic esters (lactones) is 1. The van der Waals surface area contributed by atoms with Gasteiger partial charge >= 0.3 is 12.1 Å². The van der Waals surface area contributed by atoms with Crippen molar-refractivity contribution in [3.05, 3.63) is 97.6 Å². The Balaban J connectivity index is 0.943. The van der Waals surface area contributed by atoms with E-state index >= 15 is 4.39 Å². The van der Waals surface area contributed by atoms with Crippen LogP contribution in [-0.2, 0) is 69.8 Å². The van der Waals surface area contributed by atoms with E-state index in [-0.39, 0.29) is 70.2 Å². The topological polar surface area (TPSA) is 271 Å². The second-order valence-electron chi connectivity index (χ2n) is 15.3. The lowest BCUT2D eigenvalue weighted by Crippen LogP contribution is -2.52. The van der Waals surface area contributed by atoms with Crippen LogP contribution in [0.15, 0.2) is 47.3 Å². The van der Waals surface area contributed by atoms with E-state index in [0.29, 0.717) is 51.8 Å². The second-order valence-corrected chi connectivity index (χ2v) is 15.3. The molecule has 19 nitrogen and oxygen atoms in total. The number of alkyl carbamates (subject to hydrolysis) is 1. The number of nitrogens with zero attached hydrogens (tertiary/aromatic N) is 2. The van der Waals surface area contributed by atoms with Crippen LogP contribution in [0.3, 0.4) is 0 Å². The highest BCUT2D eigenvalue weighted by Gasteiger charge is 2.46. The molecule has 5 amide bonds. The highest BCUT2D eigenvalue weighted by molar-refractivity contribution is 5.94. The van der Waals surface area contributed by atoms with Crippen molar-refractivity contribution in [2.24, 2.45) is 5.73 Å². The van der Waals surface area contributed by atoms with Crippen molar-refractivity contribution in [3.8, 4) is 11.4 Å². The van der Waals surface area contributed by atoms with Gasteiger partial charge in [0.25, 0.3) is 5.56 Å². The summed E-state index contributed by atoms with van der Waals surface area (Å²) in [6.45, 7) is 1.34. The lowest BCUT2D eigenvalue weighted by atomic mass is 9.81. The van der Waals surface area contributed by atoms with Crippen LogP contribution in [0.2, 0.25) is 0 Å². The number of ether oxygens (including phenoxy) is 3. The normalized spacial score (nSPS) is 17.3. The number of amides is 5. The molecule has 3 atom stereocenters. The first kappa shape index (κ1) is 44.3. The van der Waals surface area contributed by atoms with E-state index in [2.05, 4.69) is 26.6 Å². The summed E-state index contributed by atoms with van der Waals surface area (Å²) >= 11 is 0. The molecule has 20 heteroatoms. The number of rotatable bonds is 16. The Kier molecular flexibility index (Phi) is 13.1. The van der Waals surface area contributed by atoms with Crippen LogP contribution in [0.1, 0.15) is 64.8 Å². The van der Waals surface area contributed by atoms with Crippen LogP contribution in [0.5, 0.6) is 0 Å². The first-order valence-electron chi connectivity index (χ1n) is 20.4. The Morgan fingerprint density at radius 2 is 1.78 bits per heavy atom. The number of pyridine rings is 2. The maximum Gasteiger partial charge on any atom is 0.407 e. The number of nitrogens with two attached hydrogens (primary N) is 1. The van der Waals surface area contributed by atoms with E-state index in [1.807, 2.05) is 0 Å². The molecule has 0 spiro atoms. The van der Waals surface area contributed by atoms with Gasteiger partial charge in [-0.1, -0.05) is 37.3 Å². The molecule has 2 aliphatic heterocycles. The van der Waals surface area contributed by atoms with E-state index in [0.717, 1.165) is 11.1 Å². The van der Waals surface area contributed by atoms with Crippen molar-refractivity contribution >= 4 is 46.6 Å². The molecule has 7 rings (SSSR count). The molecule has 4 aromatic rings. The van der Waals surface area contributed by atoms with Crippen LogP contribution in [0, 0.1) is 12.7 Å². The third-order valence-corrected chi connectivity index (χ3v) is 11.5. The van der Waals surface area contributed by atoms with E-state index in [1.165, 1.54) is 10.6 Å². The average Bonchev–Trinajstić information content (AvgIpc) is 3.65. The Morgan fingerprint density at radius 3 is 2.52 bits per heavy atom. The minimum Gasteiger partial charge on any atom is -0.458 e. The fraction of sp³-hybridized carbons (Fsp3) is 0.395. The summed E-state index contributed by atoms with van der Waals surface area (Å²) in [7, 11) is 0. The molecule has 332 valence electrons. The predicted octanol–water partition coefficient (Wildman–Crippen LogP) is 0.250. The second kappa shape index (κ2) is 18.7. The van der Waals surface area contributed by atoms with Gasteiger partial charge in [-0.2, -0.15) is 0 Å². The molecule has 4 heterocycles. The molecule has 0 saturated carbocycles. The summed E-state index contributed by atoms with van der Waals surface area (Å²) in [5.41, 5.74) is 7.32. The highest BCUT2D eigenvalue weighted by atomic mass is 19.1. The number of halogens is 1. The molecule has 0 radical (unpaired) electrons. The van der Waals surface area contributed by atoms with Crippen molar-refractivity contribution in [2.45, 2.75) is 70.4 Å². The quantitative estimate of drug-likeness (QED) is 0.0399. The number of aliphatic hydroxyl groups is 1. The van der Waals surface area contributed by atoms with Gasteiger partial charge in [0.05, 0.1) is 61.3 Å². The Morgan fingerprint density at radius 1 is 1.02 bits per heavy atom. The molecular formula is C43H47FN8O11. The van der Waals surface area contributed by atoms with E-state index < -0.39 is 71.3 Å². The van der Waals surface area contributed by atoms with Crippen molar-refractivity contribution in [1.29, 1.82) is 0 Å². The minimum atomic E-state index is -2.03. The largest absolute Gasteiger partial charge is 0.458 e. The average molecular weight is 871 g/mol. The summed E-state index contributed by atoms with van der Waals surface area (Å²) in [6, 6.07) is 10.1. The van der Waals surface area contributed by atoms with Crippen LogP contribution >= 0.6 is 0 Å². The van der Waals surface area contributed by atoms with Gasteiger partial charge in [-0.3, -0.25) is 24.0 Å². The minimum absolute atomic E-state index is 0.0341. The van der Waals surface area contributed by atoms with Gasteiger partial charge in [-0.25, -0.2) is 19.0 Å². The zero-order valence-corrected chi connectivity index (χ0v) is 34.6. The molecule has 0 bridgehead atoms. The van der Waals surface area contributed by atoms with Crippen molar-refractivity contribution in [3.63, 3.8) is 0 Å². The number of benzene rings is 2. The number of hydrogen-bond donors (Lipinski definition) is 7. The highest BCUT2D eigenvalue weighted by Crippen LogP contribution is 2.46. The third-order valence-electron chi connectivity index (χ3n) is 11.5. The zero-order chi connectivity index (χ0) is 45.0. The molecule has 1 aliphatic carbocycles. The van der Waals surface area contributed by atoms with Crippen molar-refractivity contribution in [1.82, 2.24) is 36.1 Å². The van der Waals surface area contributed by atoms with Gasteiger partial charge in [0.15, 0.2) is 5.60 Å². The van der Waals surface area contributed by atoms with Crippen LogP contribution in [0.25, 0.3) is 22.3 Å². The molecule has 63 heavy (non-hydrogen) atoms. The summed E-state index contributed by atoms with van der Waals surface area (Å²) in [5.74, 6) is -3.71. The van der Waals surface area contributed by atoms with Crippen molar-refractivity contribution in [2.75, 3.05) is 39.6 Å². The number of carbonyl (C=O) groups is 6. The van der Waals surface area contributed by atoms with Crippen LogP contribution in [-0.4, -0.2) is 96.0 Å². The molecule has 8 N–H and O–H groups in total. The molecule has 0 saturated heterocycles. The maximum atomic E-state index is 15.3. The molecular weight excluding hydrogens is 824 g/mol. The first-order valence-corrected chi connectivity index (χ1v) is 20.4. The summed E-state index contributed by atoms with van der Waals surface area (Å²) in [5, 5.41) is 24.7. The lowest BCUT2D eigenvalue weighted by molar-refractivity contribution is -0.172. The summed E-state index contributed by atoms with van der Waals surface area (Å²) in [6.07, 6.45) is 0.106. The Hall–Kier alpha value is -6.77. The van der Waals surface area contributed by atoms with Gasteiger partial charge in [-0.05, 0) is 54.5 Å². The Bertz CT molecular complexity index is 2570. The first-order chi connectivity index (χ1) is 30.2. The van der Waals surface area contributed by atoms with E-state index in [4.69, 9.17) is 24.9 Å². The third kappa shape index (κ3) is 9.09. The van der Waals surface area contributed by atoms with E-state index in [1.54, 1.807) is 50.2 Å². The standard InChI is InChI=1S/C43H47FN8O11/c1-3-43(60)27-14-32-38-25(19-52(32)40(57)26(27)20-63-41(43)58)37-29(10-9-24-22(2)28(44)15-30(50-38)36(24)37)51-42(59)62-12-11-61-21-48-34(54)17-47-39(56)31(13-23-7-5-4-6-8-23)49-35(55)18-46-33(53)16-45/h4-8,14-15,29,31,60H,3,9-13,16-21,45H2,1-2H3,(H,46,53)(H,47,56)(H,48,54)(H,49,55)(H,51,59)/t29?,31-,43+/m1/s1. The molecule has 0 fully saturated rings. The number of carbonyl (C=O) groups excluding carboxylic acids is 6. The van der Waals surface area contributed by atoms with Gasteiger partial charge in [-0.15, -0.1) is 0 Å². The van der Waals surface area contributed by atoms with E-state index in [9.17, 15) is 38.7 Å². The maximum absolute atomic E-state index is 15.3. The molecule has 2 aromatic carbocycles. The molecule has 1 unspecified atom stereocenters. The molecule has 3 aliphatic rings. The van der Waals surface area contributed by atoms with Gasteiger partial charge in [0.1, 0.15) is 31.8 Å². The number of hydrogen-bond acceptors (Lipinski definition) is 13. The SMILES string of the molecule is CC[C@@]1(O)C(=O)OCc2c1cc1n(c2=O)Cc2c-1nc1cc(F)c(C)c3c1c2C(NC(=O)OCCOCNC(=O)CNC(=O)[C@@H](Cc1ccccc1)NC(=O)CNC(=O)CN)CC3. The lowest BCUT2D eigenvalue weighted by Gasteiger charge is -2.31. The number of esters is 1. The fourth-order valence-corrected chi connectivity index (χ4v) is 8.19. The number of nitrogens with one attached hydrogen (secondary N) is 5. The van der Waals surface area contributed by atoms with Gasteiger partial charge in [0.2, 0.25) is 23.6 Å². The van der Waals surface area contributed by atoms with Gasteiger partial charge < -0.3 is 56.2 Å². The molecule has 2 aromatic heterocycles.